The average molecular weight is 228 g/mol. The lowest BCUT2D eigenvalue weighted by Gasteiger charge is -2.45. The van der Waals surface area contributed by atoms with Crippen LogP contribution in [0.25, 0.3) is 0 Å². The molecule has 0 aliphatic carbocycles. The van der Waals surface area contributed by atoms with Gasteiger partial charge in [0.05, 0.1) is 6.10 Å². The molecule has 3 unspecified atom stereocenters. The van der Waals surface area contributed by atoms with Crippen molar-refractivity contribution in [3.8, 4) is 0 Å². The molecule has 1 heterocycles. The standard InChI is InChI=1S/C14H28O2/c1-6-9-13-11(7-2)10(4)12(8-3)14(15-5)16-13/h10-14H,6-9H2,1-5H3/t10?,11-,12?,13?,14-/m1/s1. The van der Waals surface area contributed by atoms with Crippen LogP contribution in [0.4, 0.5) is 0 Å². The van der Waals surface area contributed by atoms with Gasteiger partial charge in [-0.3, -0.25) is 0 Å². The maximum Gasteiger partial charge on any atom is 0.160 e. The van der Waals surface area contributed by atoms with Gasteiger partial charge in [-0.05, 0) is 24.7 Å². The third-order valence-electron chi connectivity index (χ3n) is 4.24. The Morgan fingerprint density at radius 1 is 1.06 bits per heavy atom. The van der Waals surface area contributed by atoms with Crippen LogP contribution in [-0.2, 0) is 9.47 Å². The number of hydrogen-bond acceptors (Lipinski definition) is 2. The number of methoxy groups -OCH3 is 1. The second kappa shape index (κ2) is 6.61. The topological polar surface area (TPSA) is 18.5 Å². The van der Waals surface area contributed by atoms with Crippen LogP contribution in [0.3, 0.4) is 0 Å². The smallest absolute Gasteiger partial charge is 0.160 e. The highest BCUT2D eigenvalue weighted by Crippen LogP contribution is 2.40. The van der Waals surface area contributed by atoms with Gasteiger partial charge in [-0.1, -0.05) is 40.5 Å². The summed E-state index contributed by atoms with van der Waals surface area (Å²) in [4.78, 5) is 0. The van der Waals surface area contributed by atoms with E-state index in [9.17, 15) is 0 Å². The summed E-state index contributed by atoms with van der Waals surface area (Å²) in [5, 5.41) is 0. The quantitative estimate of drug-likeness (QED) is 0.711. The fraction of sp³-hybridized carbons (Fsp3) is 1.00. The molecule has 2 nitrogen and oxygen atoms in total. The van der Waals surface area contributed by atoms with Crippen molar-refractivity contribution < 1.29 is 9.47 Å². The fourth-order valence-electron chi connectivity index (χ4n) is 3.27. The first-order valence-electron chi connectivity index (χ1n) is 6.87. The first-order valence-corrected chi connectivity index (χ1v) is 6.87. The molecule has 1 saturated heterocycles. The van der Waals surface area contributed by atoms with Gasteiger partial charge in [0, 0.05) is 13.0 Å². The number of hydrogen-bond donors (Lipinski definition) is 0. The summed E-state index contributed by atoms with van der Waals surface area (Å²) in [7, 11) is 1.77. The zero-order chi connectivity index (χ0) is 12.1. The largest absolute Gasteiger partial charge is 0.356 e. The Kier molecular flexibility index (Phi) is 5.77. The first-order chi connectivity index (χ1) is 7.69. The van der Waals surface area contributed by atoms with Crippen molar-refractivity contribution in [2.24, 2.45) is 17.8 Å². The van der Waals surface area contributed by atoms with Crippen molar-refractivity contribution in [3.05, 3.63) is 0 Å². The van der Waals surface area contributed by atoms with E-state index in [0.717, 1.165) is 6.42 Å². The summed E-state index contributed by atoms with van der Waals surface area (Å²) in [6.45, 7) is 9.13. The van der Waals surface area contributed by atoms with Crippen LogP contribution in [0.5, 0.6) is 0 Å². The van der Waals surface area contributed by atoms with Crippen LogP contribution >= 0.6 is 0 Å². The predicted molar refractivity (Wildman–Crippen MR) is 67.3 cm³/mol. The highest BCUT2D eigenvalue weighted by molar-refractivity contribution is 4.85. The molecule has 0 spiro atoms. The van der Waals surface area contributed by atoms with Crippen molar-refractivity contribution in [1.29, 1.82) is 0 Å². The van der Waals surface area contributed by atoms with E-state index < -0.39 is 0 Å². The monoisotopic (exact) mass is 228 g/mol. The Labute approximate surface area is 101 Å². The van der Waals surface area contributed by atoms with Gasteiger partial charge in [-0.2, -0.15) is 0 Å². The second-order valence-electron chi connectivity index (χ2n) is 5.07. The van der Waals surface area contributed by atoms with Gasteiger partial charge in [-0.25, -0.2) is 0 Å². The van der Waals surface area contributed by atoms with Crippen LogP contribution in [-0.4, -0.2) is 19.5 Å². The van der Waals surface area contributed by atoms with Crippen molar-refractivity contribution in [1.82, 2.24) is 0 Å². The molecule has 0 aromatic rings. The van der Waals surface area contributed by atoms with E-state index in [-0.39, 0.29) is 6.29 Å². The molecular weight excluding hydrogens is 200 g/mol. The average Bonchev–Trinajstić information content (AvgIpc) is 2.29. The molecule has 0 saturated carbocycles. The zero-order valence-corrected chi connectivity index (χ0v) is 11.5. The van der Waals surface area contributed by atoms with Crippen LogP contribution < -0.4 is 0 Å². The van der Waals surface area contributed by atoms with E-state index in [1.165, 1.54) is 19.3 Å². The van der Waals surface area contributed by atoms with E-state index in [1.54, 1.807) is 7.11 Å². The van der Waals surface area contributed by atoms with Crippen molar-refractivity contribution >= 4 is 0 Å². The van der Waals surface area contributed by atoms with Crippen LogP contribution in [0.15, 0.2) is 0 Å². The molecular formula is C14H28O2. The van der Waals surface area contributed by atoms with E-state index in [0.29, 0.717) is 23.9 Å². The summed E-state index contributed by atoms with van der Waals surface area (Å²) in [6, 6.07) is 0. The normalized spacial score (nSPS) is 39.9. The minimum atomic E-state index is 0.0133. The highest BCUT2D eigenvalue weighted by atomic mass is 16.7. The maximum atomic E-state index is 6.13. The molecule has 0 aromatic heterocycles. The molecule has 0 radical (unpaired) electrons. The Bertz CT molecular complexity index is 191. The second-order valence-corrected chi connectivity index (χ2v) is 5.07. The fourth-order valence-corrected chi connectivity index (χ4v) is 3.27. The minimum Gasteiger partial charge on any atom is -0.356 e. The SMILES string of the molecule is CCCC1O[C@@H](OC)C(CC)C(C)[C@H]1CC. The summed E-state index contributed by atoms with van der Waals surface area (Å²) in [5.41, 5.74) is 0. The van der Waals surface area contributed by atoms with Gasteiger partial charge in [0.25, 0.3) is 0 Å². The van der Waals surface area contributed by atoms with Gasteiger partial charge in [0.2, 0.25) is 0 Å². The lowest BCUT2D eigenvalue weighted by molar-refractivity contribution is -0.245. The molecule has 1 aliphatic heterocycles. The molecule has 96 valence electrons. The number of rotatable bonds is 5. The molecule has 1 fully saturated rings. The Hall–Kier alpha value is -0.0800. The lowest BCUT2D eigenvalue weighted by atomic mass is 9.74. The molecule has 0 bridgehead atoms. The molecule has 0 aromatic carbocycles. The number of ether oxygens (including phenoxy) is 2. The van der Waals surface area contributed by atoms with Crippen LogP contribution in [0.2, 0.25) is 0 Å². The van der Waals surface area contributed by atoms with Crippen molar-refractivity contribution in [2.45, 2.75) is 65.8 Å². The first kappa shape index (κ1) is 14.0. The summed E-state index contributed by atoms with van der Waals surface area (Å²) in [6.07, 6.45) is 5.14. The van der Waals surface area contributed by atoms with Crippen LogP contribution in [0, 0.1) is 17.8 Å². The van der Waals surface area contributed by atoms with Crippen molar-refractivity contribution in [3.63, 3.8) is 0 Å². The molecule has 1 rings (SSSR count). The zero-order valence-electron chi connectivity index (χ0n) is 11.5. The molecule has 0 amide bonds. The van der Waals surface area contributed by atoms with Gasteiger partial charge in [0.1, 0.15) is 0 Å². The van der Waals surface area contributed by atoms with E-state index in [1.807, 2.05) is 0 Å². The molecule has 5 atom stereocenters. The van der Waals surface area contributed by atoms with E-state index in [2.05, 4.69) is 27.7 Å². The van der Waals surface area contributed by atoms with Gasteiger partial charge >= 0.3 is 0 Å². The lowest BCUT2D eigenvalue weighted by Crippen LogP contribution is -2.47. The molecule has 1 aliphatic rings. The van der Waals surface area contributed by atoms with Gasteiger partial charge in [-0.15, -0.1) is 0 Å². The Morgan fingerprint density at radius 3 is 2.12 bits per heavy atom. The van der Waals surface area contributed by atoms with E-state index in [4.69, 9.17) is 9.47 Å². The summed E-state index contributed by atoms with van der Waals surface area (Å²) in [5.74, 6) is 1.98. The minimum absolute atomic E-state index is 0.0133. The predicted octanol–water partition coefficient (Wildman–Crippen LogP) is 3.85. The third kappa shape index (κ3) is 2.78. The Balaban J connectivity index is 2.75. The Morgan fingerprint density at radius 2 is 1.69 bits per heavy atom. The highest BCUT2D eigenvalue weighted by Gasteiger charge is 2.41. The molecule has 2 heteroatoms. The van der Waals surface area contributed by atoms with Gasteiger partial charge in [0.15, 0.2) is 6.29 Å². The maximum absolute atomic E-state index is 6.13. The van der Waals surface area contributed by atoms with Crippen LogP contribution in [0.1, 0.15) is 53.4 Å². The molecule has 0 N–H and O–H groups in total. The summed E-state index contributed by atoms with van der Waals surface area (Å²) >= 11 is 0. The van der Waals surface area contributed by atoms with Crippen molar-refractivity contribution in [2.75, 3.05) is 7.11 Å². The summed E-state index contributed by atoms with van der Waals surface area (Å²) < 4.78 is 11.6. The third-order valence-corrected chi connectivity index (χ3v) is 4.24. The van der Waals surface area contributed by atoms with E-state index >= 15 is 0 Å². The molecule has 16 heavy (non-hydrogen) atoms. The van der Waals surface area contributed by atoms with Gasteiger partial charge < -0.3 is 9.47 Å².